The van der Waals surface area contributed by atoms with Crippen molar-refractivity contribution >= 4 is 0 Å². The third-order valence-corrected chi connectivity index (χ3v) is 6.61. The van der Waals surface area contributed by atoms with Gasteiger partial charge in [-0.25, -0.2) is 4.39 Å². The highest BCUT2D eigenvalue weighted by atomic mass is 19.4. The molecule has 0 bridgehead atoms. The minimum absolute atomic E-state index is 0.0197. The second-order valence-corrected chi connectivity index (χ2v) is 10.0. The van der Waals surface area contributed by atoms with Gasteiger partial charge < -0.3 is 23.7 Å². The topological polar surface area (TPSA) is 46.2 Å². The van der Waals surface area contributed by atoms with Crippen LogP contribution < -0.4 is 0 Å². The van der Waals surface area contributed by atoms with Crippen molar-refractivity contribution in [3.05, 3.63) is 70.5 Å². The molecule has 5 nitrogen and oxygen atoms in total. The summed E-state index contributed by atoms with van der Waals surface area (Å²) < 4.78 is 124. The highest BCUT2D eigenvalue weighted by Crippen LogP contribution is 2.42. The minimum Gasteiger partial charge on any atom is -0.365 e. The standard InChI is InChI=1S/C27H29F7O5/c1-5-20-21-22(39-25(3,4)38-21)23(35-13-15-6-8-19(28)9-7-15)24(37-20)36-14(2)16-10-17(26(29,30)31)12-18(11-16)27(32,33)34/h6-12,14,20-24H,5,13H2,1-4H3/t14-,20-,21+,22+,23-,24-/m1/s1. The Bertz CT molecular complexity index is 1100. The summed E-state index contributed by atoms with van der Waals surface area (Å²) in [5, 5.41) is 0. The van der Waals surface area contributed by atoms with E-state index in [1.54, 1.807) is 13.8 Å². The number of alkyl halides is 6. The molecule has 2 heterocycles. The van der Waals surface area contributed by atoms with E-state index in [1.165, 1.54) is 31.2 Å². The molecular formula is C27H29F7O5. The molecule has 0 radical (unpaired) electrons. The van der Waals surface area contributed by atoms with Crippen LogP contribution >= 0.6 is 0 Å². The first kappa shape index (κ1) is 29.7. The zero-order valence-electron chi connectivity index (χ0n) is 21.6. The van der Waals surface area contributed by atoms with Crippen LogP contribution in [0.5, 0.6) is 0 Å². The number of fused-ring (bicyclic) bond motifs is 1. The van der Waals surface area contributed by atoms with E-state index in [4.69, 9.17) is 23.7 Å². The number of hydrogen-bond donors (Lipinski definition) is 0. The maximum atomic E-state index is 13.4. The summed E-state index contributed by atoms with van der Waals surface area (Å²) in [7, 11) is 0. The lowest BCUT2D eigenvalue weighted by Gasteiger charge is -2.42. The zero-order valence-corrected chi connectivity index (χ0v) is 21.6. The van der Waals surface area contributed by atoms with Crippen LogP contribution in [0.2, 0.25) is 0 Å². The van der Waals surface area contributed by atoms with Crippen LogP contribution in [-0.2, 0) is 42.6 Å². The van der Waals surface area contributed by atoms with E-state index in [-0.39, 0.29) is 18.2 Å². The molecule has 0 spiro atoms. The third-order valence-electron chi connectivity index (χ3n) is 6.61. The minimum atomic E-state index is -5.00. The van der Waals surface area contributed by atoms with Crippen LogP contribution in [-0.4, -0.2) is 36.5 Å². The normalized spacial score (nSPS) is 27.8. The quantitative estimate of drug-likeness (QED) is 0.332. The largest absolute Gasteiger partial charge is 0.416 e. The van der Waals surface area contributed by atoms with Crippen molar-refractivity contribution in [2.45, 2.75) is 95.7 Å². The summed E-state index contributed by atoms with van der Waals surface area (Å²) in [5.41, 5.74) is -2.62. The lowest BCUT2D eigenvalue weighted by atomic mass is 9.96. The Morgan fingerprint density at radius 2 is 1.46 bits per heavy atom. The Morgan fingerprint density at radius 3 is 2.00 bits per heavy atom. The molecule has 6 atom stereocenters. The van der Waals surface area contributed by atoms with Gasteiger partial charge in [0.2, 0.25) is 0 Å². The van der Waals surface area contributed by atoms with Crippen molar-refractivity contribution in [2.24, 2.45) is 0 Å². The van der Waals surface area contributed by atoms with Gasteiger partial charge in [-0.1, -0.05) is 19.1 Å². The maximum Gasteiger partial charge on any atom is 0.416 e. The van der Waals surface area contributed by atoms with Crippen LogP contribution in [0.15, 0.2) is 42.5 Å². The first-order chi connectivity index (χ1) is 18.1. The van der Waals surface area contributed by atoms with E-state index >= 15 is 0 Å². The molecule has 4 rings (SSSR count). The first-order valence-electron chi connectivity index (χ1n) is 12.4. The average molecular weight is 567 g/mol. The molecule has 216 valence electrons. The summed E-state index contributed by atoms with van der Waals surface area (Å²) in [4.78, 5) is 0. The van der Waals surface area contributed by atoms with E-state index in [9.17, 15) is 30.7 Å². The van der Waals surface area contributed by atoms with Crippen molar-refractivity contribution in [3.8, 4) is 0 Å². The summed E-state index contributed by atoms with van der Waals surface area (Å²) in [6.07, 6.45) is -14.8. The van der Waals surface area contributed by atoms with Gasteiger partial charge in [0.1, 0.15) is 24.1 Å². The maximum absolute atomic E-state index is 13.4. The van der Waals surface area contributed by atoms with Gasteiger partial charge in [0.15, 0.2) is 12.1 Å². The SMILES string of the molecule is CC[C@H]1O[C@@H](O[C@H](C)c2cc(C(F)(F)F)cc(C(F)(F)F)c2)[C@H](OCc2ccc(F)cc2)[C@H]2OC(C)(C)O[C@H]21. The molecule has 0 N–H and O–H groups in total. The third kappa shape index (κ3) is 6.91. The van der Waals surface area contributed by atoms with Crippen molar-refractivity contribution in [1.82, 2.24) is 0 Å². The van der Waals surface area contributed by atoms with Crippen molar-refractivity contribution in [1.29, 1.82) is 0 Å². The fourth-order valence-corrected chi connectivity index (χ4v) is 4.72. The number of ether oxygens (including phenoxy) is 5. The molecule has 2 fully saturated rings. The van der Waals surface area contributed by atoms with E-state index in [2.05, 4.69) is 0 Å². The van der Waals surface area contributed by atoms with Crippen LogP contribution in [0.3, 0.4) is 0 Å². The van der Waals surface area contributed by atoms with E-state index in [0.29, 0.717) is 24.1 Å². The molecule has 2 aliphatic heterocycles. The second kappa shape index (κ2) is 11.0. The van der Waals surface area contributed by atoms with E-state index in [1.807, 2.05) is 6.92 Å². The number of benzene rings is 2. The fraction of sp³-hybridized carbons (Fsp3) is 0.556. The molecule has 39 heavy (non-hydrogen) atoms. The van der Waals surface area contributed by atoms with Gasteiger partial charge in [0, 0.05) is 0 Å². The number of hydrogen-bond acceptors (Lipinski definition) is 5. The molecule has 2 saturated heterocycles. The number of halogens is 7. The van der Waals surface area contributed by atoms with Crippen molar-refractivity contribution < 1.29 is 54.4 Å². The molecule has 2 aromatic rings. The summed E-state index contributed by atoms with van der Waals surface area (Å²) in [5.74, 6) is -1.44. The van der Waals surface area contributed by atoms with Gasteiger partial charge in [0.25, 0.3) is 0 Å². The summed E-state index contributed by atoms with van der Waals surface area (Å²) in [6, 6.07) is 6.84. The summed E-state index contributed by atoms with van der Waals surface area (Å²) >= 11 is 0. The smallest absolute Gasteiger partial charge is 0.365 e. The molecule has 0 saturated carbocycles. The van der Waals surface area contributed by atoms with Gasteiger partial charge in [-0.15, -0.1) is 0 Å². The molecule has 0 unspecified atom stereocenters. The predicted molar refractivity (Wildman–Crippen MR) is 124 cm³/mol. The molecule has 0 amide bonds. The van der Waals surface area contributed by atoms with E-state index < -0.39 is 71.9 Å². The Morgan fingerprint density at radius 1 is 0.897 bits per heavy atom. The van der Waals surface area contributed by atoms with Gasteiger partial charge in [-0.3, -0.25) is 0 Å². The Hall–Kier alpha value is -2.25. The predicted octanol–water partition coefficient (Wildman–Crippen LogP) is 7.18. The Kier molecular flexibility index (Phi) is 8.36. The fourth-order valence-electron chi connectivity index (χ4n) is 4.72. The van der Waals surface area contributed by atoms with Gasteiger partial charge in [-0.2, -0.15) is 26.3 Å². The lowest BCUT2D eigenvalue weighted by Crippen LogP contribution is -2.57. The molecule has 2 aliphatic rings. The van der Waals surface area contributed by atoms with Gasteiger partial charge >= 0.3 is 12.4 Å². The van der Waals surface area contributed by atoms with Crippen molar-refractivity contribution in [2.75, 3.05) is 0 Å². The lowest BCUT2D eigenvalue weighted by molar-refractivity contribution is -0.301. The van der Waals surface area contributed by atoms with Crippen LogP contribution in [0.4, 0.5) is 30.7 Å². The molecule has 12 heteroatoms. The highest BCUT2D eigenvalue weighted by Gasteiger charge is 2.56. The van der Waals surface area contributed by atoms with Crippen LogP contribution in [0.25, 0.3) is 0 Å². The zero-order chi connectivity index (χ0) is 28.8. The summed E-state index contributed by atoms with van der Waals surface area (Å²) in [6.45, 7) is 6.55. The Labute approximate surface area is 221 Å². The molecule has 2 aromatic carbocycles. The van der Waals surface area contributed by atoms with Crippen molar-refractivity contribution in [3.63, 3.8) is 0 Å². The Balaban J connectivity index is 1.64. The molecular weight excluding hydrogens is 537 g/mol. The molecule has 0 aliphatic carbocycles. The molecule has 0 aromatic heterocycles. The number of rotatable bonds is 7. The van der Waals surface area contributed by atoms with Crippen LogP contribution in [0.1, 0.15) is 62.5 Å². The second-order valence-electron chi connectivity index (χ2n) is 10.0. The monoisotopic (exact) mass is 566 g/mol. The first-order valence-corrected chi connectivity index (χ1v) is 12.4. The van der Waals surface area contributed by atoms with Gasteiger partial charge in [0.05, 0.1) is 29.9 Å². The van der Waals surface area contributed by atoms with E-state index in [0.717, 1.165) is 0 Å². The highest BCUT2D eigenvalue weighted by molar-refractivity contribution is 5.34. The van der Waals surface area contributed by atoms with Crippen LogP contribution in [0, 0.1) is 5.82 Å². The average Bonchev–Trinajstić information content (AvgIpc) is 3.17. The van der Waals surface area contributed by atoms with Gasteiger partial charge in [-0.05, 0) is 68.7 Å².